The number of rotatable bonds is 7. The van der Waals surface area contributed by atoms with Crippen LogP contribution in [-0.4, -0.2) is 29.9 Å². The summed E-state index contributed by atoms with van der Waals surface area (Å²) in [6.07, 6.45) is -0.348. The summed E-state index contributed by atoms with van der Waals surface area (Å²) >= 11 is 5.89. The zero-order valence-corrected chi connectivity index (χ0v) is 17.8. The Morgan fingerprint density at radius 3 is 2.55 bits per heavy atom. The van der Waals surface area contributed by atoms with Gasteiger partial charge in [0.05, 0.1) is 18.7 Å². The number of aliphatic hydroxyl groups is 1. The highest BCUT2D eigenvalue weighted by Gasteiger charge is 2.50. The van der Waals surface area contributed by atoms with Gasteiger partial charge in [0.2, 0.25) is 0 Å². The Labute approximate surface area is 185 Å². The van der Waals surface area contributed by atoms with E-state index < -0.39 is 11.5 Å². The fraction of sp³-hybridized carbons (Fsp3) is 0.200. The highest BCUT2D eigenvalue weighted by molar-refractivity contribution is 6.30. The van der Waals surface area contributed by atoms with Crippen LogP contribution < -0.4 is 9.64 Å². The molecule has 0 radical (unpaired) electrons. The minimum Gasteiger partial charge on any atom is -0.492 e. The van der Waals surface area contributed by atoms with Gasteiger partial charge in [-0.1, -0.05) is 41.9 Å². The van der Waals surface area contributed by atoms with Crippen molar-refractivity contribution in [3.63, 3.8) is 0 Å². The number of ketones is 1. The topological polar surface area (TPSA) is 66.8 Å². The van der Waals surface area contributed by atoms with Gasteiger partial charge in [0, 0.05) is 16.1 Å². The smallest absolute Gasteiger partial charge is 0.264 e. The number of hydrogen-bond donors (Lipinski definition) is 1. The number of amides is 1. The number of carbonyl (C=O) groups is 2. The zero-order valence-electron chi connectivity index (χ0n) is 17.0. The SMILES string of the molecule is Cc1cccc(OCCN2C(=O)C(O)(CC(=O)c3ccc(Cl)cc3)c3ccccc32)c1. The molecule has 5 nitrogen and oxygen atoms in total. The van der Waals surface area contributed by atoms with E-state index in [0.717, 1.165) is 5.56 Å². The van der Waals surface area contributed by atoms with Crippen molar-refractivity contribution < 1.29 is 19.4 Å². The number of nitrogens with zero attached hydrogens (tertiary/aromatic N) is 1. The number of Topliss-reactive ketones (excluding diaryl/α,β-unsaturated/α-hetero) is 1. The standard InChI is InChI=1S/C25H22ClNO4/c1-17-5-4-6-20(15-17)31-14-13-27-22-8-3-2-7-21(22)25(30,24(27)29)16-23(28)18-9-11-19(26)12-10-18/h2-12,15,30H,13-14,16H2,1H3. The number of para-hydroxylation sites is 1. The summed E-state index contributed by atoms with van der Waals surface area (Å²) < 4.78 is 5.79. The summed E-state index contributed by atoms with van der Waals surface area (Å²) in [6.45, 7) is 2.48. The van der Waals surface area contributed by atoms with E-state index >= 15 is 0 Å². The molecule has 31 heavy (non-hydrogen) atoms. The molecule has 0 fully saturated rings. The first-order chi connectivity index (χ1) is 14.9. The summed E-state index contributed by atoms with van der Waals surface area (Å²) in [4.78, 5) is 27.5. The Morgan fingerprint density at radius 1 is 1.06 bits per heavy atom. The van der Waals surface area contributed by atoms with E-state index in [1.165, 1.54) is 4.90 Å². The normalized spacial score (nSPS) is 17.5. The average molecular weight is 436 g/mol. The second-order valence-corrected chi connectivity index (χ2v) is 8.04. The van der Waals surface area contributed by atoms with Crippen LogP contribution in [0.3, 0.4) is 0 Å². The lowest BCUT2D eigenvalue weighted by atomic mass is 9.88. The van der Waals surface area contributed by atoms with Crippen LogP contribution in [0.15, 0.2) is 72.8 Å². The van der Waals surface area contributed by atoms with Crippen LogP contribution >= 0.6 is 11.6 Å². The molecule has 3 aromatic rings. The predicted molar refractivity (Wildman–Crippen MR) is 120 cm³/mol. The average Bonchev–Trinajstić information content (AvgIpc) is 2.96. The third-order valence-electron chi connectivity index (χ3n) is 5.40. The fourth-order valence-corrected chi connectivity index (χ4v) is 3.96. The molecule has 0 bridgehead atoms. The summed E-state index contributed by atoms with van der Waals surface area (Å²) in [5, 5.41) is 11.9. The van der Waals surface area contributed by atoms with Gasteiger partial charge in [-0.2, -0.15) is 0 Å². The first-order valence-electron chi connectivity index (χ1n) is 10.0. The van der Waals surface area contributed by atoms with Gasteiger partial charge in [0.15, 0.2) is 11.4 Å². The molecule has 1 aliphatic heterocycles. The van der Waals surface area contributed by atoms with E-state index in [9.17, 15) is 14.7 Å². The van der Waals surface area contributed by atoms with Crippen molar-refractivity contribution in [3.8, 4) is 5.75 Å². The van der Waals surface area contributed by atoms with Crippen molar-refractivity contribution in [3.05, 3.63) is 94.5 Å². The van der Waals surface area contributed by atoms with Crippen molar-refractivity contribution in [1.29, 1.82) is 0 Å². The second-order valence-electron chi connectivity index (χ2n) is 7.61. The Morgan fingerprint density at radius 2 is 1.81 bits per heavy atom. The van der Waals surface area contributed by atoms with Crippen LogP contribution in [0.1, 0.15) is 27.9 Å². The van der Waals surface area contributed by atoms with E-state index in [4.69, 9.17) is 16.3 Å². The van der Waals surface area contributed by atoms with Crippen molar-refractivity contribution in [2.24, 2.45) is 0 Å². The van der Waals surface area contributed by atoms with Crippen LogP contribution in [0.5, 0.6) is 5.75 Å². The van der Waals surface area contributed by atoms with Crippen LogP contribution in [0.2, 0.25) is 5.02 Å². The lowest BCUT2D eigenvalue weighted by Crippen LogP contribution is -2.43. The van der Waals surface area contributed by atoms with E-state index in [2.05, 4.69) is 0 Å². The summed E-state index contributed by atoms with van der Waals surface area (Å²) in [5.74, 6) is -0.142. The predicted octanol–water partition coefficient (Wildman–Crippen LogP) is 4.53. The Kier molecular flexibility index (Phi) is 5.81. The molecule has 4 rings (SSSR count). The number of aryl methyl sites for hydroxylation is 1. The van der Waals surface area contributed by atoms with E-state index in [-0.39, 0.29) is 25.4 Å². The highest BCUT2D eigenvalue weighted by atomic mass is 35.5. The molecule has 0 spiro atoms. The molecule has 1 atom stereocenters. The first kappa shape index (κ1) is 21.1. The van der Waals surface area contributed by atoms with Gasteiger partial charge in [-0.15, -0.1) is 0 Å². The Bertz CT molecular complexity index is 1130. The van der Waals surface area contributed by atoms with Crippen molar-refractivity contribution >= 4 is 29.0 Å². The molecule has 3 aromatic carbocycles. The van der Waals surface area contributed by atoms with E-state index in [1.807, 2.05) is 31.2 Å². The van der Waals surface area contributed by atoms with Crippen molar-refractivity contribution in [2.75, 3.05) is 18.1 Å². The Balaban J connectivity index is 1.53. The second kappa shape index (κ2) is 8.53. The zero-order chi connectivity index (χ0) is 22.0. The molecular formula is C25H22ClNO4. The molecule has 158 valence electrons. The maximum absolute atomic E-state index is 13.2. The molecule has 1 N–H and O–H groups in total. The fourth-order valence-electron chi connectivity index (χ4n) is 3.83. The molecule has 1 aliphatic rings. The number of benzene rings is 3. The van der Waals surface area contributed by atoms with Crippen molar-refractivity contribution in [1.82, 2.24) is 0 Å². The van der Waals surface area contributed by atoms with Gasteiger partial charge in [-0.25, -0.2) is 0 Å². The highest BCUT2D eigenvalue weighted by Crippen LogP contribution is 2.42. The largest absolute Gasteiger partial charge is 0.492 e. The lowest BCUT2D eigenvalue weighted by molar-refractivity contribution is -0.135. The third-order valence-corrected chi connectivity index (χ3v) is 5.65. The van der Waals surface area contributed by atoms with Gasteiger partial charge in [0.25, 0.3) is 5.91 Å². The molecule has 0 aromatic heterocycles. The van der Waals surface area contributed by atoms with Crippen LogP contribution in [0.25, 0.3) is 0 Å². The summed E-state index contributed by atoms with van der Waals surface area (Å²) in [5.41, 5.74) is 0.570. The molecule has 1 amide bonds. The number of halogens is 1. The van der Waals surface area contributed by atoms with Gasteiger partial charge in [0.1, 0.15) is 12.4 Å². The number of ether oxygens (including phenoxy) is 1. The Hall–Kier alpha value is -3.15. The molecule has 0 saturated heterocycles. The van der Waals surface area contributed by atoms with Crippen LogP contribution in [0.4, 0.5) is 5.69 Å². The minimum atomic E-state index is -1.92. The number of anilines is 1. The van der Waals surface area contributed by atoms with Gasteiger partial charge in [-0.05, 0) is 55.0 Å². The molecule has 6 heteroatoms. The first-order valence-corrected chi connectivity index (χ1v) is 10.4. The maximum Gasteiger partial charge on any atom is 0.264 e. The number of fused-ring (bicyclic) bond motifs is 1. The molecular weight excluding hydrogens is 414 g/mol. The monoisotopic (exact) mass is 435 g/mol. The van der Waals surface area contributed by atoms with Gasteiger partial charge in [-0.3, -0.25) is 9.59 Å². The van der Waals surface area contributed by atoms with Gasteiger partial charge >= 0.3 is 0 Å². The number of carbonyl (C=O) groups excluding carboxylic acids is 2. The number of hydrogen-bond acceptors (Lipinski definition) is 4. The minimum absolute atomic E-state index is 0.251. The third kappa shape index (κ3) is 4.20. The summed E-state index contributed by atoms with van der Waals surface area (Å²) in [7, 11) is 0. The van der Waals surface area contributed by atoms with Gasteiger partial charge < -0.3 is 14.7 Å². The molecule has 1 heterocycles. The maximum atomic E-state index is 13.2. The van der Waals surface area contributed by atoms with E-state index in [0.29, 0.717) is 27.6 Å². The van der Waals surface area contributed by atoms with E-state index in [1.54, 1.807) is 48.5 Å². The quantitative estimate of drug-likeness (QED) is 0.553. The van der Waals surface area contributed by atoms with Crippen molar-refractivity contribution in [2.45, 2.75) is 18.9 Å². The molecule has 0 saturated carbocycles. The molecule has 1 unspecified atom stereocenters. The van der Waals surface area contributed by atoms with Crippen LogP contribution in [-0.2, 0) is 10.4 Å². The lowest BCUT2D eigenvalue weighted by Gasteiger charge is -2.23. The molecule has 0 aliphatic carbocycles. The van der Waals surface area contributed by atoms with Crippen LogP contribution in [0, 0.1) is 6.92 Å². The summed E-state index contributed by atoms with van der Waals surface area (Å²) in [6, 6.07) is 21.1.